The van der Waals surface area contributed by atoms with Crippen LogP contribution in [0.15, 0.2) is 46.4 Å². The van der Waals surface area contributed by atoms with Crippen molar-refractivity contribution in [3.63, 3.8) is 0 Å². The summed E-state index contributed by atoms with van der Waals surface area (Å²) in [6.07, 6.45) is 10.7. The monoisotopic (exact) mass is 580 g/mol. The quantitative estimate of drug-likeness (QED) is 0.475. The van der Waals surface area contributed by atoms with E-state index in [9.17, 15) is 18.8 Å². The number of hydrogen-bond acceptors (Lipinski definition) is 7. The molecule has 1 amide bonds. The molecule has 0 bridgehead atoms. The van der Waals surface area contributed by atoms with Crippen molar-refractivity contribution in [3.05, 3.63) is 69.0 Å². The number of nitrogens with one attached hydrogen (secondary N) is 1. The summed E-state index contributed by atoms with van der Waals surface area (Å²) in [5.41, 5.74) is 0.651. The highest BCUT2D eigenvalue weighted by atomic mass is 32.2. The van der Waals surface area contributed by atoms with Gasteiger partial charge in [0.25, 0.3) is 5.56 Å². The third-order valence-corrected chi connectivity index (χ3v) is 10.0. The van der Waals surface area contributed by atoms with E-state index in [4.69, 9.17) is 0 Å². The maximum atomic E-state index is 14.2. The molecular formula is C30H37FN6O3S. The molecule has 1 saturated carbocycles. The van der Waals surface area contributed by atoms with Crippen LogP contribution < -0.4 is 16.6 Å². The van der Waals surface area contributed by atoms with Crippen LogP contribution in [0.5, 0.6) is 0 Å². The first-order valence-corrected chi connectivity index (χ1v) is 15.9. The number of rotatable bonds is 6. The molecule has 3 aliphatic rings. The maximum Gasteiger partial charge on any atom is 0.333 e. The Morgan fingerprint density at radius 1 is 0.976 bits per heavy atom. The molecular weight excluding hydrogens is 543 g/mol. The van der Waals surface area contributed by atoms with Crippen molar-refractivity contribution in [2.75, 3.05) is 24.6 Å². The van der Waals surface area contributed by atoms with Crippen LogP contribution in [0, 0.1) is 11.7 Å². The summed E-state index contributed by atoms with van der Waals surface area (Å²) in [4.78, 5) is 51.2. The number of nitrogens with zero attached hydrogens (tertiary/aromatic N) is 5. The second-order valence-electron chi connectivity index (χ2n) is 11.6. The van der Waals surface area contributed by atoms with E-state index < -0.39 is 11.4 Å². The summed E-state index contributed by atoms with van der Waals surface area (Å²) in [6.45, 7) is 2.61. The predicted molar refractivity (Wildman–Crippen MR) is 157 cm³/mol. The molecule has 1 N–H and O–H groups in total. The van der Waals surface area contributed by atoms with Crippen LogP contribution in [0.1, 0.15) is 69.0 Å². The van der Waals surface area contributed by atoms with Crippen molar-refractivity contribution in [3.8, 4) is 0 Å². The summed E-state index contributed by atoms with van der Waals surface area (Å²) >= 11 is 1.85. The Morgan fingerprint density at radius 2 is 1.71 bits per heavy atom. The van der Waals surface area contributed by atoms with E-state index in [0.29, 0.717) is 25.7 Å². The molecule has 0 spiro atoms. The molecule has 2 aliphatic heterocycles. The number of halogens is 1. The Hall–Kier alpha value is -3.05. The topological polar surface area (TPSA) is 102 Å². The highest BCUT2D eigenvalue weighted by Gasteiger charge is 2.31. The average Bonchev–Trinajstić information content (AvgIpc) is 3.00. The van der Waals surface area contributed by atoms with Crippen LogP contribution in [-0.2, 0) is 11.3 Å². The lowest BCUT2D eigenvalue weighted by atomic mass is 9.89. The lowest BCUT2D eigenvalue weighted by Gasteiger charge is -2.34. The van der Waals surface area contributed by atoms with E-state index in [1.165, 1.54) is 16.2 Å². The molecule has 3 fully saturated rings. The number of thioether (sulfide) groups is 1. The number of likely N-dealkylation sites (tertiary alicyclic amines) is 1. The standard InChI is InChI=1S/C30H37FN6O3S/c31-22-16-26-27(33-18-22)36(25-9-14-41-15-10-25)30(40)37(29(26)39)24-5-3-23(4-6-24)34-28(38)21-7-12-35(13-8-21)19-20-2-1-11-32-17-20/h1-2,11,16-18,21,23-25H,3-10,12-15,19H2,(H,34,38). The second-order valence-corrected chi connectivity index (χ2v) is 12.8. The number of hydrogen-bond donors (Lipinski definition) is 1. The van der Waals surface area contributed by atoms with Gasteiger partial charge in [0.05, 0.1) is 11.6 Å². The van der Waals surface area contributed by atoms with Gasteiger partial charge in [-0.2, -0.15) is 11.8 Å². The number of pyridine rings is 2. The summed E-state index contributed by atoms with van der Waals surface area (Å²) in [7, 11) is 0. The summed E-state index contributed by atoms with van der Waals surface area (Å²) in [5.74, 6) is 1.40. The molecule has 0 atom stereocenters. The van der Waals surface area contributed by atoms with Crippen molar-refractivity contribution >= 4 is 28.7 Å². The molecule has 0 radical (unpaired) electrons. The summed E-state index contributed by atoms with van der Waals surface area (Å²) in [5, 5.41) is 3.41. The highest BCUT2D eigenvalue weighted by Crippen LogP contribution is 2.30. The smallest absolute Gasteiger partial charge is 0.333 e. The van der Waals surface area contributed by atoms with Gasteiger partial charge in [0.15, 0.2) is 0 Å². The number of amides is 1. The third-order valence-electron chi connectivity index (χ3n) is 8.97. The molecule has 3 aromatic heterocycles. The summed E-state index contributed by atoms with van der Waals surface area (Å²) < 4.78 is 17.2. The fourth-order valence-electron chi connectivity index (χ4n) is 6.70. The highest BCUT2D eigenvalue weighted by molar-refractivity contribution is 7.99. The predicted octanol–water partition coefficient (Wildman–Crippen LogP) is 3.67. The molecule has 9 nitrogen and oxygen atoms in total. The minimum Gasteiger partial charge on any atom is -0.353 e. The van der Waals surface area contributed by atoms with Crippen molar-refractivity contribution in [1.29, 1.82) is 0 Å². The zero-order valence-corrected chi connectivity index (χ0v) is 24.0. The van der Waals surface area contributed by atoms with Crippen molar-refractivity contribution in [1.82, 2.24) is 29.3 Å². The first kappa shape index (κ1) is 28.1. The van der Waals surface area contributed by atoms with Gasteiger partial charge in [-0.15, -0.1) is 0 Å². The molecule has 5 heterocycles. The van der Waals surface area contributed by atoms with Crippen molar-refractivity contribution in [2.45, 2.75) is 76.0 Å². The molecule has 1 aliphatic carbocycles. The first-order chi connectivity index (χ1) is 20.0. The van der Waals surface area contributed by atoms with E-state index in [1.807, 2.05) is 24.0 Å². The maximum absolute atomic E-state index is 14.2. The van der Waals surface area contributed by atoms with Gasteiger partial charge >= 0.3 is 5.69 Å². The van der Waals surface area contributed by atoms with E-state index >= 15 is 0 Å². The number of carbonyl (C=O) groups excluding carboxylic acids is 1. The Kier molecular flexibility index (Phi) is 8.52. The lowest BCUT2D eigenvalue weighted by molar-refractivity contribution is -0.127. The molecule has 11 heteroatoms. The van der Waals surface area contributed by atoms with E-state index in [2.05, 4.69) is 26.3 Å². The van der Waals surface area contributed by atoms with Crippen molar-refractivity contribution < 1.29 is 9.18 Å². The van der Waals surface area contributed by atoms with Gasteiger partial charge in [-0.3, -0.25) is 28.6 Å². The van der Waals surface area contributed by atoms with E-state index in [0.717, 1.165) is 63.0 Å². The van der Waals surface area contributed by atoms with Gasteiger partial charge in [0.2, 0.25) is 5.91 Å². The lowest BCUT2D eigenvalue weighted by Crippen LogP contribution is -2.47. The first-order valence-electron chi connectivity index (χ1n) is 14.8. The molecule has 41 heavy (non-hydrogen) atoms. The van der Waals surface area contributed by atoms with Gasteiger partial charge < -0.3 is 5.32 Å². The van der Waals surface area contributed by atoms with E-state index in [1.54, 1.807) is 10.8 Å². The molecule has 3 aromatic rings. The van der Waals surface area contributed by atoms with Gasteiger partial charge in [0.1, 0.15) is 11.5 Å². The average molecular weight is 581 g/mol. The van der Waals surface area contributed by atoms with Gasteiger partial charge in [-0.25, -0.2) is 14.2 Å². The Morgan fingerprint density at radius 3 is 2.41 bits per heavy atom. The summed E-state index contributed by atoms with van der Waals surface area (Å²) in [6, 6.07) is 4.93. The van der Waals surface area contributed by atoms with Gasteiger partial charge in [0, 0.05) is 43.0 Å². The molecule has 6 rings (SSSR count). The van der Waals surface area contributed by atoms with Crippen LogP contribution in [0.2, 0.25) is 0 Å². The SMILES string of the molecule is O=C(NC1CCC(n2c(=O)c3cc(F)cnc3n(C3CCSCC3)c2=O)CC1)C1CCN(Cc2cccnc2)CC1. The number of carbonyl (C=O) groups is 1. The molecule has 0 unspecified atom stereocenters. The van der Waals surface area contributed by atoms with Crippen LogP contribution in [0.4, 0.5) is 4.39 Å². The fourth-order valence-corrected chi connectivity index (χ4v) is 7.78. The minimum atomic E-state index is -0.583. The van der Waals surface area contributed by atoms with E-state index in [-0.39, 0.29) is 46.7 Å². The van der Waals surface area contributed by atoms with Crippen LogP contribution in [0.3, 0.4) is 0 Å². The Balaban J connectivity index is 1.10. The molecule has 2 saturated heterocycles. The Bertz CT molecular complexity index is 1490. The number of piperidine rings is 1. The second kappa shape index (κ2) is 12.4. The number of aromatic nitrogens is 4. The van der Waals surface area contributed by atoms with Crippen molar-refractivity contribution in [2.24, 2.45) is 5.92 Å². The largest absolute Gasteiger partial charge is 0.353 e. The van der Waals surface area contributed by atoms with Crippen LogP contribution in [0.25, 0.3) is 11.0 Å². The molecule has 218 valence electrons. The minimum absolute atomic E-state index is 0.00392. The normalized spacial score (nSPS) is 23.0. The zero-order chi connectivity index (χ0) is 28.3. The number of fused-ring (bicyclic) bond motifs is 1. The van der Waals surface area contributed by atoms with Gasteiger partial charge in [-0.1, -0.05) is 6.07 Å². The van der Waals surface area contributed by atoms with Gasteiger partial charge in [-0.05, 0) is 93.7 Å². The van der Waals surface area contributed by atoms with Crippen LogP contribution >= 0.6 is 11.8 Å². The fraction of sp³-hybridized carbons (Fsp3) is 0.567. The zero-order valence-electron chi connectivity index (χ0n) is 23.2. The van der Waals surface area contributed by atoms with Crippen LogP contribution in [-0.4, -0.2) is 60.5 Å². The Labute approximate surface area is 242 Å². The third kappa shape index (κ3) is 6.11. The molecule has 0 aromatic carbocycles.